The number of halogens is 2. The first-order chi connectivity index (χ1) is 11.8. The summed E-state index contributed by atoms with van der Waals surface area (Å²) in [6.07, 6.45) is 0. The average Bonchev–Trinajstić information content (AvgIpc) is 2.51. The number of amides is 2. The molecule has 4 N–H and O–H groups in total. The fraction of sp³-hybridized carbons (Fsp3) is 0.0625. The minimum absolute atomic E-state index is 0.113. The molecule has 0 aliphatic carbocycles. The molecule has 0 atom stereocenters. The first-order valence-electron chi connectivity index (χ1n) is 6.90. The molecule has 7 nitrogen and oxygen atoms in total. The number of phenols is 2. The number of hydrogen-bond donors (Lipinski definition) is 4. The minimum atomic E-state index is -1.02. The molecular formula is C16H13Cl2N3O4. The predicted molar refractivity (Wildman–Crippen MR) is 95.2 cm³/mol. The number of hydrogen-bond acceptors (Lipinski definition) is 5. The number of nitrogens with one attached hydrogen (secondary N) is 2. The topological polar surface area (TPSA) is 111 Å². The Morgan fingerprint density at radius 3 is 2.24 bits per heavy atom. The lowest BCUT2D eigenvalue weighted by atomic mass is 10.1. The van der Waals surface area contributed by atoms with Crippen molar-refractivity contribution in [3.8, 4) is 11.5 Å². The van der Waals surface area contributed by atoms with E-state index in [2.05, 4.69) is 15.8 Å². The highest BCUT2D eigenvalue weighted by Gasteiger charge is 2.14. The zero-order valence-electron chi connectivity index (χ0n) is 12.9. The average molecular weight is 382 g/mol. The van der Waals surface area contributed by atoms with Gasteiger partial charge in [-0.25, -0.2) is 5.43 Å². The van der Waals surface area contributed by atoms with Gasteiger partial charge < -0.3 is 15.5 Å². The van der Waals surface area contributed by atoms with Crippen LogP contribution >= 0.6 is 23.2 Å². The highest BCUT2D eigenvalue weighted by molar-refractivity contribution is 6.40. The summed E-state index contributed by atoms with van der Waals surface area (Å²) in [6, 6.07) is 8.25. The first kappa shape index (κ1) is 18.6. The Labute approximate surface area is 152 Å². The molecule has 0 fully saturated rings. The van der Waals surface area contributed by atoms with Gasteiger partial charge in [-0.3, -0.25) is 9.59 Å². The van der Waals surface area contributed by atoms with E-state index in [-0.39, 0.29) is 22.9 Å². The van der Waals surface area contributed by atoms with Crippen molar-refractivity contribution in [1.82, 2.24) is 5.43 Å². The Bertz CT molecular complexity index is 848. The van der Waals surface area contributed by atoms with Crippen molar-refractivity contribution >= 4 is 46.4 Å². The molecule has 0 unspecified atom stereocenters. The van der Waals surface area contributed by atoms with E-state index in [4.69, 9.17) is 23.2 Å². The summed E-state index contributed by atoms with van der Waals surface area (Å²) in [7, 11) is 0. The van der Waals surface area contributed by atoms with Crippen molar-refractivity contribution in [3.63, 3.8) is 0 Å². The van der Waals surface area contributed by atoms with Crippen molar-refractivity contribution in [1.29, 1.82) is 0 Å². The standard InChI is InChI=1S/C16H13Cl2N3O4/c1-8(13-3-2-12(22)7-14(13)23)20-21-16(25)15(24)19-11-5-9(17)4-10(18)6-11/h2-7,22-23H,1H3,(H,19,24)(H,21,25)/b20-8+. The van der Waals surface area contributed by atoms with Gasteiger partial charge in [0, 0.05) is 27.4 Å². The maximum Gasteiger partial charge on any atom is 0.329 e. The monoisotopic (exact) mass is 381 g/mol. The molecule has 9 heteroatoms. The van der Waals surface area contributed by atoms with Crippen LogP contribution in [0, 0.1) is 0 Å². The van der Waals surface area contributed by atoms with Gasteiger partial charge in [0.25, 0.3) is 0 Å². The van der Waals surface area contributed by atoms with Crippen molar-refractivity contribution in [3.05, 3.63) is 52.0 Å². The summed E-state index contributed by atoms with van der Waals surface area (Å²) in [5.41, 5.74) is 2.86. The van der Waals surface area contributed by atoms with Crippen LogP contribution < -0.4 is 10.7 Å². The third-order valence-electron chi connectivity index (χ3n) is 3.02. The minimum Gasteiger partial charge on any atom is -0.508 e. The number of carbonyl (C=O) groups is 2. The van der Waals surface area contributed by atoms with Crippen LogP contribution in [0.25, 0.3) is 0 Å². The van der Waals surface area contributed by atoms with Gasteiger partial charge >= 0.3 is 11.8 Å². The molecule has 0 aliphatic rings. The van der Waals surface area contributed by atoms with Crippen LogP contribution in [0.3, 0.4) is 0 Å². The maximum atomic E-state index is 11.8. The zero-order chi connectivity index (χ0) is 18.6. The molecule has 0 saturated carbocycles. The first-order valence-corrected chi connectivity index (χ1v) is 7.66. The van der Waals surface area contributed by atoms with Crippen LogP contribution in [-0.4, -0.2) is 27.7 Å². The molecular weight excluding hydrogens is 369 g/mol. The van der Waals surface area contributed by atoms with Gasteiger partial charge in [-0.05, 0) is 37.3 Å². The second kappa shape index (κ2) is 7.87. The van der Waals surface area contributed by atoms with E-state index in [9.17, 15) is 19.8 Å². The van der Waals surface area contributed by atoms with Gasteiger partial charge in [-0.15, -0.1) is 0 Å². The highest BCUT2D eigenvalue weighted by Crippen LogP contribution is 2.23. The van der Waals surface area contributed by atoms with Crippen LogP contribution in [0.5, 0.6) is 11.5 Å². The molecule has 0 heterocycles. The predicted octanol–water partition coefficient (Wildman–Crippen LogP) is 2.88. The lowest BCUT2D eigenvalue weighted by Gasteiger charge is -2.07. The summed E-state index contributed by atoms with van der Waals surface area (Å²) in [5.74, 6) is -2.32. The quantitative estimate of drug-likeness (QED) is 0.372. The Morgan fingerprint density at radius 1 is 1.00 bits per heavy atom. The maximum absolute atomic E-state index is 11.8. The van der Waals surface area contributed by atoms with Crippen LogP contribution in [0.2, 0.25) is 10.0 Å². The number of phenolic OH excluding ortho intramolecular Hbond substituents is 2. The molecule has 2 aromatic rings. The van der Waals surface area contributed by atoms with Crippen molar-refractivity contribution in [2.24, 2.45) is 5.10 Å². The molecule has 0 radical (unpaired) electrons. The van der Waals surface area contributed by atoms with E-state index in [1.54, 1.807) is 0 Å². The van der Waals surface area contributed by atoms with Gasteiger partial charge in [0.05, 0.1) is 5.71 Å². The highest BCUT2D eigenvalue weighted by atomic mass is 35.5. The number of anilines is 1. The van der Waals surface area contributed by atoms with Crippen LogP contribution in [0.1, 0.15) is 12.5 Å². The van der Waals surface area contributed by atoms with E-state index in [0.29, 0.717) is 15.6 Å². The van der Waals surface area contributed by atoms with Crippen LogP contribution in [0.15, 0.2) is 41.5 Å². The van der Waals surface area contributed by atoms with Crippen molar-refractivity contribution < 1.29 is 19.8 Å². The van der Waals surface area contributed by atoms with Crippen molar-refractivity contribution in [2.75, 3.05) is 5.32 Å². The van der Waals surface area contributed by atoms with Gasteiger partial charge in [-0.1, -0.05) is 23.2 Å². The second-order valence-electron chi connectivity index (χ2n) is 4.95. The SMILES string of the molecule is C/C(=N\NC(=O)C(=O)Nc1cc(Cl)cc(Cl)c1)c1ccc(O)cc1O. The fourth-order valence-electron chi connectivity index (χ4n) is 1.89. The van der Waals surface area contributed by atoms with E-state index in [0.717, 1.165) is 6.07 Å². The van der Waals surface area contributed by atoms with E-state index in [1.165, 1.54) is 37.3 Å². The molecule has 25 heavy (non-hydrogen) atoms. The number of hydrazone groups is 1. The Hall–Kier alpha value is -2.77. The van der Waals surface area contributed by atoms with Crippen LogP contribution in [0.4, 0.5) is 5.69 Å². The van der Waals surface area contributed by atoms with Gasteiger partial charge in [0.2, 0.25) is 0 Å². The summed E-state index contributed by atoms with van der Waals surface area (Å²) in [6.45, 7) is 1.51. The van der Waals surface area contributed by atoms with E-state index < -0.39 is 11.8 Å². The largest absolute Gasteiger partial charge is 0.508 e. The smallest absolute Gasteiger partial charge is 0.329 e. The van der Waals surface area contributed by atoms with E-state index >= 15 is 0 Å². The Morgan fingerprint density at radius 2 is 1.64 bits per heavy atom. The lowest BCUT2D eigenvalue weighted by Crippen LogP contribution is -2.32. The molecule has 2 aromatic carbocycles. The lowest BCUT2D eigenvalue weighted by molar-refractivity contribution is -0.136. The number of rotatable bonds is 3. The number of nitrogens with zero attached hydrogens (tertiary/aromatic N) is 1. The van der Waals surface area contributed by atoms with Gasteiger partial charge in [-0.2, -0.15) is 5.10 Å². The van der Waals surface area contributed by atoms with Gasteiger partial charge in [0.1, 0.15) is 11.5 Å². The summed E-state index contributed by atoms with van der Waals surface area (Å²) >= 11 is 11.6. The number of carbonyl (C=O) groups excluding carboxylic acids is 2. The fourth-order valence-corrected chi connectivity index (χ4v) is 2.41. The molecule has 0 saturated heterocycles. The summed E-state index contributed by atoms with van der Waals surface area (Å²) in [5, 5.41) is 25.7. The molecule has 0 aromatic heterocycles. The third-order valence-corrected chi connectivity index (χ3v) is 3.46. The number of aromatic hydroxyl groups is 2. The summed E-state index contributed by atoms with van der Waals surface area (Å²) in [4.78, 5) is 23.6. The molecule has 0 bridgehead atoms. The van der Waals surface area contributed by atoms with E-state index in [1.807, 2.05) is 0 Å². The Balaban J connectivity index is 2.04. The molecule has 0 aliphatic heterocycles. The third kappa shape index (κ3) is 5.10. The molecule has 2 rings (SSSR count). The normalized spacial score (nSPS) is 11.1. The molecule has 130 valence electrons. The second-order valence-corrected chi connectivity index (χ2v) is 5.82. The zero-order valence-corrected chi connectivity index (χ0v) is 14.4. The molecule has 0 spiro atoms. The van der Waals surface area contributed by atoms with Crippen LogP contribution in [-0.2, 0) is 9.59 Å². The Kier molecular flexibility index (Phi) is 5.84. The van der Waals surface area contributed by atoms with Gasteiger partial charge in [0.15, 0.2) is 0 Å². The number of benzene rings is 2. The van der Waals surface area contributed by atoms with Crippen molar-refractivity contribution in [2.45, 2.75) is 6.92 Å². The molecule has 2 amide bonds. The summed E-state index contributed by atoms with van der Waals surface area (Å²) < 4.78 is 0.